The fraction of sp³-hybridized carbons (Fsp3) is 0.200. The maximum atomic E-state index is 10.4. The number of hydrogen-bond acceptors (Lipinski definition) is 3. The zero-order valence-electron chi connectivity index (χ0n) is 7.82. The zero-order valence-corrected chi connectivity index (χ0v) is 8.64. The summed E-state index contributed by atoms with van der Waals surface area (Å²) in [6.45, 7) is 2.40. The number of ether oxygens (including phenoxy) is 1. The van der Waals surface area contributed by atoms with Gasteiger partial charge in [-0.2, -0.15) is 0 Å². The lowest BCUT2D eigenvalue weighted by Gasteiger charge is -2.07. The number of anilines is 1. The minimum atomic E-state index is 0.339. The topological polar surface area (TPSA) is 38.3 Å². The summed E-state index contributed by atoms with van der Waals surface area (Å²) in [5.74, 6) is 0. The van der Waals surface area contributed by atoms with Gasteiger partial charge in [0.1, 0.15) is 6.29 Å². The molecule has 4 heteroatoms. The van der Waals surface area contributed by atoms with Crippen molar-refractivity contribution in [1.82, 2.24) is 0 Å². The predicted molar refractivity (Wildman–Crippen MR) is 59.7 cm³/mol. The van der Waals surface area contributed by atoms with Crippen molar-refractivity contribution < 1.29 is 9.53 Å². The molecule has 3 nitrogen and oxygen atoms in total. The van der Waals surface area contributed by atoms with E-state index in [1.165, 1.54) is 0 Å². The summed E-state index contributed by atoms with van der Waals surface area (Å²) < 4.78 is 5.05. The largest absolute Gasteiger partial charge is 0.471 e. The third-order valence-corrected chi connectivity index (χ3v) is 1.79. The highest BCUT2D eigenvalue weighted by molar-refractivity contribution is 7.80. The molecular formula is C10H11NO2S. The number of hydrogen-bond donors (Lipinski definition) is 1. The van der Waals surface area contributed by atoms with Gasteiger partial charge in [-0.15, -0.1) is 0 Å². The van der Waals surface area contributed by atoms with Crippen molar-refractivity contribution in [3.63, 3.8) is 0 Å². The molecule has 1 aromatic rings. The Morgan fingerprint density at radius 3 is 2.64 bits per heavy atom. The number of benzene rings is 1. The van der Waals surface area contributed by atoms with Crippen LogP contribution in [0.4, 0.5) is 5.69 Å². The molecule has 0 fully saturated rings. The van der Waals surface area contributed by atoms with Crippen molar-refractivity contribution in [1.29, 1.82) is 0 Å². The SMILES string of the molecule is CCOC(=S)Nc1ccc(C=O)cc1. The summed E-state index contributed by atoms with van der Waals surface area (Å²) >= 11 is 4.89. The van der Waals surface area contributed by atoms with Crippen molar-refractivity contribution in [2.24, 2.45) is 0 Å². The first-order valence-electron chi connectivity index (χ1n) is 4.25. The van der Waals surface area contributed by atoms with Gasteiger partial charge < -0.3 is 10.1 Å². The second-order valence-corrected chi connectivity index (χ2v) is 2.96. The van der Waals surface area contributed by atoms with E-state index in [1.54, 1.807) is 24.3 Å². The van der Waals surface area contributed by atoms with Crippen LogP contribution >= 0.6 is 12.2 Å². The Bertz CT molecular complexity index is 321. The van der Waals surface area contributed by atoms with Gasteiger partial charge in [-0.05, 0) is 43.4 Å². The maximum absolute atomic E-state index is 10.4. The van der Waals surface area contributed by atoms with Crippen LogP contribution in [0.15, 0.2) is 24.3 Å². The van der Waals surface area contributed by atoms with Crippen LogP contribution in [0, 0.1) is 0 Å². The van der Waals surface area contributed by atoms with Gasteiger partial charge in [0.05, 0.1) is 6.61 Å². The highest BCUT2D eigenvalue weighted by Gasteiger charge is 1.97. The molecule has 0 radical (unpaired) electrons. The Morgan fingerprint density at radius 1 is 1.50 bits per heavy atom. The number of thiocarbonyl (C=S) groups is 1. The quantitative estimate of drug-likeness (QED) is 0.612. The Labute approximate surface area is 88.1 Å². The molecule has 0 amide bonds. The molecule has 0 unspecified atom stereocenters. The summed E-state index contributed by atoms with van der Waals surface area (Å²) in [5.41, 5.74) is 1.45. The fourth-order valence-corrected chi connectivity index (χ4v) is 1.17. The lowest BCUT2D eigenvalue weighted by Crippen LogP contribution is -2.12. The Hall–Kier alpha value is -1.42. The second-order valence-electron chi connectivity index (χ2n) is 2.59. The average molecular weight is 209 g/mol. The van der Waals surface area contributed by atoms with E-state index in [0.717, 1.165) is 12.0 Å². The van der Waals surface area contributed by atoms with E-state index in [-0.39, 0.29) is 0 Å². The molecule has 1 aromatic carbocycles. The molecule has 0 saturated carbocycles. The van der Waals surface area contributed by atoms with Gasteiger partial charge in [0, 0.05) is 11.3 Å². The first-order valence-corrected chi connectivity index (χ1v) is 4.66. The molecule has 0 aliphatic rings. The standard InChI is InChI=1S/C10H11NO2S/c1-2-13-10(14)11-9-5-3-8(7-12)4-6-9/h3-7H,2H2,1H3,(H,11,14). The molecule has 0 bridgehead atoms. The molecule has 1 N–H and O–H groups in total. The monoisotopic (exact) mass is 209 g/mol. The van der Waals surface area contributed by atoms with E-state index in [0.29, 0.717) is 17.3 Å². The van der Waals surface area contributed by atoms with Gasteiger partial charge in [0.15, 0.2) is 0 Å². The van der Waals surface area contributed by atoms with Gasteiger partial charge in [-0.1, -0.05) is 0 Å². The third-order valence-electron chi connectivity index (χ3n) is 1.57. The van der Waals surface area contributed by atoms with Crippen molar-refractivity contribution in [3.8, 4) is 0 Å². The second kappa shape index (κ2) is 5.34. The smallest absolute Gasteiger partial charge is 0.261 e. The normalized spacial score (nSPS) is 9.21. The molecule has 0 saturated heterocycles. The fourth-order valence-electron chi connectivity index (χ4n) is 0.930. The average Bonchev–Trinajstić information content (AvgIpc) is 2.19. The summed E-state index contributed by atoms with van der Waals surface area (Å²) in [6, 6.07) is 6.97. The molecular weight excluding hydrogens is 198 g/mol. The Morgan fingerprint density at radius 2 is 2.14 bits per heavy atom. The highest BCUT2D eigenvalue weighted by Crippen LogP contribution is 2.08. The van der Waals surface area contributed by atoms with E-state index in [9.17, 15) is 4.79 Å². The Balaban J connectivity index is 2.59. The summed E-state index contributed by atoms with van der Waals surface area (Å²) in [7, 11) is 0. The lowest BCUT2D eigenvalue weighted by atomic mass is 10.2. The summed E-state index contributed by atoms with van der Waals surface area (Å²) in [4.78, 5) is 10.4. The molecule has 0 heterocycles. The minimum absolute atomic E-state index is 0.339. The summed E-state index contributed by atoms with van der Waals surface area (Å²) in [6.07, 6.45) is 0.796. The van der Waals surface area contributed by atoms with E-state index in [2.05, 4.69) is 5.32 Å². The predicted octanol–water partition coefficient (Wildman–Crippen LogP) is 2.23. The number of carbonyl (C=O) groups is 1. The van der Waals surface area contributed by atoms with Crippen molar-refractivity contribution >= 4 is 29.4 Å². The van der Waals surface area contributed by atoms with Gasteiger partial charge in [-0.3, -0.25) is 4.79 Å². The first kappa shape index (κ1) is 10.7. The first-order chi connectivity index (χ1) is 6.76. The number of carbonyl (C=O) groups excluding carboxylic acids is 1. The van der Waals surface area contributed by atoms with E-state index < -0.39 is 0 Å². The zero-order chi connectivity index (χ0) is 10.4. The summed E-state index contributed by atoms with van der Waals surface area (Å²) in [5, 5.41) is 3.23. The van der Waals surface area contributed by atoms with Crippen LogP contribution in [-0.4, -0.2) is 18.1 Å². The third kappa shape index (κ3) is 3.14. The molecule has 0 aliphatic heterocycles. The van der Waals surface area contributed by atoms with E-state index in [1.807, 2.05) is 6.92 Å². The van der Waals surface area contributed by atoms with Gasteiger partial charge >= 0.3 is 0 Å². The van der Waals surface area contributed by atoms with Gasteiger partial charge in [0.25, 0.3) is 5.17 Å². The minimum Gasteiger partial charge on any atom is -0.471 e. The molecule has 0 spiro atoms. The van der Waals surface area contributed by atoms with Crippen LogP contribution < -0.4 is 5.32 Å². The van der Waals surface area contributed by atoms with Crippen LogP contribution in [0.25, 0.3) is 0 Å². The molecule has 74 valence electrons. The van der Waals surface area contributed by atoms with Crippen LogP contribution in [-0.2, 0) is 4.74 Å². The van der Waals surface area contributed by atoms with E-state index >= 15 is 0 Å². The maximum Gasteiger partial charge on any atom is 0.261 e. The van der Waals surface area contributed by atoms with Crippen LogP contribution in [0.2, 0.25) is 0 Å². The molecule has 0 aromatic heterocycles. The van der Waals surface area contributed by atoms with Crippen LogP contribution in [0.5, 0.6) is 0 Å². The van der Waals surface area contributed by atoms with Crippen molar-refractivity contribution in [2.75, 3.05) is 11.9 Å². The van der Waals surface area contributed by atoms with Crippen molar-refractivity contribution in [2.45, 2.75) is 6.92 Å². The molecule has 14 heavy (non-hydrogen) atoms. The van der Waals surface area contributed by atoms with Crippen LogP contribution in [0.1, 0.15) is 17.3 Å². The number of nitrogens with one attached hydrogen (secondary N) is 1. The highest BCUT2D eigenvalue weighted by atomic mass is 32.1. The van der Waals surface area contributed by atoms with Gasteiger partial charge in [-0.25, -0.2) is 0 Å². The lowest BCUT2D eigenvalue weighted by molar-refractivity contribution is 0.112. The van der Waals surface area contributed by atoms with E-state index in [4.69, 9.17) is 17.0 Å². The molecule has 1 rings (SSSR count). The van der Waals surface area contributed by atoms with Crippen molar-refractivity contribution in [3.05, 3.63) is 29.8 Å². The van der Waals surface area contributed by atoms with Gasteiger partial charge in [0.2, 0.25) is 0 Å². The Kier molecular flexibility index (Phi) is 4.07. The molecule has 0 aliphatic carbocycles. The van der Waals surface area contributed by atoms with Crippen LogP contribution in [0.3, 0.4) is 0 Å². The molecule has 0 atom stereocenters. The number of aldehydes is 1. The number of rotatable bonds is 3.